The highest BCUT2D eigenvalue weighted by Crippen LogP contribution is 2.32. The predicted octanol–water partition coefficient (Wildman–Crippen LogP) is 7.37. The molecule has 0 aliphatic heterocycles. The molecule has 5 nitrogen and oxygen atoms in total. The maximum atomic E-state index is 13.0. The van der Waals surface area contributed by atoms with Gasteiger partial charge in [0.1, 0.15) is 12.4 Å². The molecule has 2 N–H and O–H groups in total. The molecule has 0 fully saturated rings. The molecule has 5 rings (SSSR count). The van der Waals surface area contributed by atoms with E-state index < -0.39 is 0 Å². The second-order valence-corrected chi connectivity index (χ2v) is 9.60. The quantitative estimate of drug-likeness (QED) is 0.244. The molecule has 0 bridgehead atoms. The Morgan fingerprint density at radius 2 is 2.00 bits per heavy atom. The number of aromatic amines is 1. The maximum Gasteiger partial charge on any atom is 0.253 e. The van der Waals surface area contributed by atoms with Gasteiger partial charge in [-0.3, -0.25) is 9.78 Å². The number of nitrogens with zero attached hydrogens (tertiary/aromatic N) is 1. The van der Waals surface area contributed by atoms with Gasteiger partial charge in [-0.2, -0.15) is 11.3 Å². The van der Waals surface area contributed by atoms with Gasteiger partial charge < -0.3 is 15.0 Å². The molecule has 0 spiro atoms. The van der Waals surface area contributed by atoms with E-state index in [4.69, 9.17) is 16.3 Å². The first-order chi connectivity index (χ1) is 17.0. The van der Waals surface area contributed by atoms with E-state index >= 15 is 0 Å². The summed E-state index contributed by atoms with van der Waals surface area (Å²) >= 11 is 8.19. The largest absolute Gasteiger partial charge is 0.486 e. The van der Waals surface area contributed by atoms with Crippen LogP contribution in [0.15, 0.2) is 82.4 Å². The summed E-state index contributed by atoms with van der Waals surface area (Å²) in [6.45, 7) is 4.38. The van der Waals surface area contributed by atoms with Crippen molar-refractivity contribution in [2.75, 3.05) is 5.32 Å². The monoisotopic (exact) mass is 501 g/mol. The van der Waals surface area contributed by atoms with Crippen LogP contribution in [0.1, 0.15) is 29.8 Å². The summed E-state index contributed by atoms with van der Waals surface area (Å²) in [5.74, 6) is 0.500. The smallest absolute Gasteiger partial charge is 0.253 e. The molecule has 5 aromatic rings. The number of benzene rings is 2. The first kappa shape index (κ1) is 23.1. The fraction of sp³-hybridized carbons (Fsp3) is 0.143. The number of hydrogen-bond donors (Lipinski definition) is 2. The minimum absolute atomic E-state index is 0.152. The van der Waals surface area contributed by atoms with Gasteiger partial charge in [-0.1, -0.05) is 29.8 Å². The standard InChI is InChI=1S/C28H24ClN3O2S/c1-17-15-35-16-24(17)19-6-5-8-21(10-19)31-18(2)23-11-20-12-25(29)27(13-26(20)32-28(23)33)34-14-22-7-3-4-9-30-22/h3-13,15-16,18,31H,14H2,1-2H3,(H,32,33). The van der Waals surface area contributed by atoms with Crippen LogP contribution in [0, 0.1) is 6.92 Å². The molecule has 1 atom stereocenters. The van der Waals surface area contributed by atoms with E-state index in [2.05, 4.69) is 45.1 Å². The van der Waals surface area contributed by atoms with Crippen LogP contribution in [0.4, 0.5) is 5.69 Å². The highest BCUT2D eigenvalue weighted by atomic mass is 35.5. The Morgan fingerprint density at radius 3 is 2.77 bits per heavy atom. The number of aromatic nitrogens is 2. The number of ether oxygens (including phenoxy) is 1. The van der Waals surface area contributed by atoms with E-state index in [1.807, 2.05) is 49.4 Å². The average Bonchev–Trinajstić information content (AvgIpc) is 3.29. The fourth-order valence-corrected chi connectivity index (χ4v) is 5.14. The molecule has 3 aromatic heterocycles. The number of pyridine rings is 2. The molecule has 0 amide bonds. The van der Waals surface area contributed by atoms with Crippen molar-refractivity contribution in [1.82, 2.24) is 9.97 Å². The number of aryl methyl sites for hydroxylation is 1. The van der Waals surface area contributed by atoms with Gasteiger partial charge in [0.05, 0.1) is 22.3 Å². The molecule has 0 radical (unpaired) electrons. The van der Waals surface area contributed by atoms with Gasteiger partial charge in [-0.05, 0) is 77.7 Å². The molecule has 2 aromatic carbocycles. The van der Waals surface area contributed by atoms with Gasteiger partial charge >= 0.3 is 0 Å². The first-order valence-corrected chi connectivity index (χ1v) is 12.6. The zero-order valence-corrected chi connectivity index (χ0v) is 20.9. The van der Waals surface area contributed by atoms with Crippen LogP contribution in [0.2, 0.25) is 5.02 Å². The molecular weight excluding hydrogens is 478 g/mol. The summed E-state index contributed by atoms with van der Waals surface area (Å²) in [6, 6.07) is 19.1. The number of rotatable bonds is 7. The van der Waals surface area contributed by atoms with Crippen LogP contribution in [-0.2, 0) is 6.61 Å². The number of thiophene rings is 1. The highest BCUT2D eigenvalue weighted by Gasteiger charge is 2.14. The highest BCUT2D eigenvalue weighted by molar-refractivity contribution is 7.08. The average molecular weight is 502 g/mol. The van der Waals surface area contributed by atoms with Crippen LogP contribution in [0.25, 0.3) is 22.0 Å². The number of H-pyrrole nitrogens is 1. The summed E-state index contributed by atoms with van der Waals surface area (Å²) in [7, 11) is 0. The normalized spacial score (nSPS) is 12.0. The Morgan fingerprint density at radius 1 is 1.11 bits per heavy atom. The van der Waals surface area contributed by atoms with Gasteiger partial charge in [0.15, 0.2) is 0 Å². The van der Waals surface area contributed by atoms with Gasteiger partial charge in [0.25, 0.3) is 5.56 Å². The molecular formula is C28H24ClN3O2S. The van der Waals surface area contributed by atoms with E-state index in [9.17, 15) is 4.79 Å². The Labute approximate surface area is 212 Å². The number of anilines is 1. The van der Waals surface area contributed by atoms with Gasteiger partial charge in [0, 0.05) is 28.9 Å². The van der Waals surface area contributed by atoms with E-state index in [1.54, 1.807) is 23.6 Å². The zero-order chi connectivity index (χ0) is 24.4. The van der Waals surface area contributed by atoms with Crippen molar-refractivity contribution in [3.8, 4) is 16.9 Å². The molecule has 35 heavy (non-hydrogen) atoms. The zero-order valence-electron chi connectivity index (χ0n) is 19.3. The minimum Gasteiger partial charge on any atom is -0.486 e. The van der Waals surface area contributed by atoms with E-state index in [1.165, 1.54) is 11.1 Å². The van der Waals surface area contributed by atoms with Crippen LogP contribution < -0.4 is 15.6 Å². The lowest BCUT2D eigenvalue weighted by Crippen LogP contribution is -2.19. The minimum atomic E-state index is -0.208. The Bertz CT molecular complexity index is 1550. The van der Waals surface area contributed by atoms with E-state index in [-0.39, 0.29) is 11.6 Å². The van der Waals surface area contributed by atoms with Crippen molar-refractivity contribution in [3.63, 3.8) is 0 Å². The second-order valence-electron chi connectivity index (χ2n) is 8.45. The lowest BCUT2D eigenvalue weighted by molar-refractivity contribution is 0.302. The van der Waals surface area contributed by atoms with Crippen molar-refractivity contribution >= 4 is 39.5 Å². The molecule has 7 heteroatoms. The summed E-state index contributed by atoms with van der Waals surface area (Å²) in [4.78, 5) is 20.2. The maximum absolute atomic E-state index is 13.0. The fourth-order valence-electron chi connectivity index (χ4n) is 4.05. The second kappa shape index (κ2) is 9.94. The Balaban J connectivity index is 1.38. The first-order valence-electron chi connectivity index (χ1n) is 11.3. The summed E-state index contributed by atoms with van der Waals surface area (Å²) in [5, 5.41) is 9.09. The predicted molar refractivity (Wildman–Crippen MR) is 145 cm³/mol. The van der Waals surface area contributed by atoms with Gasteiger partial charge in [0.2, 0.25) is 0 Å². The van der Waals surface area contributed by atoms with Gasteiger partial charge in [-0.25, -0.2) is 0 Å². The van der Waals surface area contributed by atoms with Crippen molar-refractivity contribution < 1.29 is 4.74 Å². The molecule has 0 aliphatic carbocycles. The Hall–Kier alpha value is -3.61. The molecule has 0 saturated carbocycles. The Kier molecular flexibility index (Phi) is 6.57. The molecule has 1 unspecified atom stereocenters. The van der Waals surface area contributed by atoms with Crippen LogP contribution in [0.3, 0.4) is 0 Å². The van der Waals surface area contributed by atoms with Crippen molar-refractivity contribution in [3.05, 3.63) is 110 Å². The topological polar surface area (TPSA) is 67.0 Å². The molecule has 0 saturated heterocycles. The molecule has 0 aliphatic rings. The lowest BCUT2D eigenvalue weighted by atomic mass is 10.0. The van der Waals surface area contributed by atoms with Crippen molar-refractivity contribution in [2.24, 2.45) is 0 Å². The van der Waals surface area contributed by atoms with E-state index in [0.717, 1.165) is 22.3 Å². The van der Waals surface area contributed by atoms with Gasteiger partial charge in [-0.15, -0.1) is 0 Å². The summed E-state index contributed by atoms with van der Waals surface area (Å²) in [5.41, 5.74) is 6.53. The summed E-state index contributed by atoms with van der Waals surface area (Å²) < 4.78 is 5.85. The molecule has 3 heterocycles. The van der Waals surface area contributed by atoms with E-state index in [0.29, 0.717) is 28.5 Å². The third-order valence-electron chi connectivity index (χ3n) is 5.91. The summed E-state index contributed by atoms with van der Waals surface area (Å²) in [6.07, 6.45) is 1.72. The van der Waals surface area contributed by atoms with Crippen LogP contribution >= 0.6 is 22.9 Å². The number of hydrogen-bond acceptors (Lipinski definition) is 5. The van der Waals surface area contributed by atoms with Crippen molar-refractivity contribution in [2.45, 2.75) is 26.5 Å². The third kappa shape index (κ3) is 5.09. The third-order valence-corrected chi connectivity index (χ3v) is 7.06. The lowest BCUT2D eigenvalue weighted by Gasteiger charge is -2.17. The van der Waals surface area contributed by atoms with Crippen molar-refractivity contribution in [1.29, 1.82) is 0 Å². The van der Waals surface area contributed by atoms with Crippen LogP contribution in [0.5, 0.6) is 5.75 Å². The number of fused-ring (bicyclic) bond motifs is 1. The number of nitrogens with one attached hydrogen (secondary N) is 2. The molecule has 176 valence electrons. The number of halogens is 1. The van der Waals surface area contributed by atoms with Crippen LogP contribution in [-0.4, -0.2) is 9.97 Å². The SMILES string of the molecule is Cc1cscc1-c1cccc(NC(C)c2cc3cc(Cl)c(OCc4ccccn4)cc3[nH]c2=O)c1.